The van der Waals surface area contributed by atoms with Crippen LogP contribution < -0.4 is 4.74 Å². The van der Waals surface area contributed by atoms with Crippen LogP contribution in [0.4, 0.5) is 4.79 Å². The molecular weight excluding hydrogens is 498 g/mol. The van der Waals surface area contributed by atoms with Gasteiger partial charge in [-0.05, 0) is 59.7 Å². The predicted molar refractivity (Wildman–Crippen MR) is 157 cm³/mol. The second-order valence-corrected chi connectivity index (χ2v) is 10.3. The molecule has 0 bridgehead atoms. The van der Waals surface area contributed by atoms with Crippen LogP contribution in [0.5, 0.6) is 5.75 Å². The highest BCUT2D eigenvalue weighted by Crippen LogP contribution is 2.35. The Hall–Kier alpha value is -4.64. The van der Waals surface area contributed by atoms with Crippen LogP contribution in [-0.4, -0.2) is 29.5 Å². The first-order valence-corrected chi connectivity index (χ1v) is 13.5. The minimum Gasteiger partial charge on any atom is -0.489 e. The molecule has 5 rings (SSSR count). The van der Waals surface area contributed by atoms with Crippen molar-refractivity contribution in [2.45, 2.75) is 38.3 Å². The topological polar surface area (TPSA) is 55.8 Å². The van der Waals surface area contributed by atoms with E-state index in [1.807, 2.05) is 116 Å². The van der Waals surface area contributed by atoms with E-state index in [1.54, 1.807) is 0 Å². The summed E-state index contributed by atoms with van der Waals surface area (Å²) in [5.41, 5.74) is 5.66. The van der Waals surface area contributed by atoms with Crippen LogP contribution in [-0.2, 0) is 22.6 Å². The number of ether oxygens (including phenoxy) is 2. The van der Waals surface area contributed by atoms with Gasteiger partial charge in [-0.3, -0.25) is 4.79 Å². The number of allylic oxidation sites excluding steroid dienone is 1. The van der Waals surface area contributed by atoms with Gasteiger partial charge in [0.1, 0.15) is 19.0 Å². The first kappa shape index (κ1) is 26.9. The number of carbonyl (C=O) groups is 2. The van der Waals surface area contributed by atoms with Gasteiger partial charge in [0.05, 0.1) is 12.0 Å². The Bertz CT molecular complexity index is 1470. The quantitative estimate of drug-likeness (QED) is 0.198. The molecule has 1 fully saturated rings. The highest BCUT2D eigenvalue weighted by atomic mass is 16.6. The Balaban J connectivity index is 1.50. The third-order valence-electron chi connectivity index (χ3n) is 7.05. The van der Waals surface area contributed by atoms with Crippen molar-refractivity contribution in [1.29, 1.82) is 0 Å². The Kier molecular flexibility index (Phi) is 8.41. The molecule has 5 heteroatoms. The van der Waals surface area contributed by atoms with Gasteiger partial charge in [-0.1, -0.05) is 103 Å². The summed E-state index contributed by atoms with van der Waals surface area (Å²) in [6.07, 6.45) is 0.336. The smallest absolute Gasteiger partial charge is 0.417 e. The second-order valence-electron chi connectivity index (χ2n) is 10.3. The Labute approximate surface area is 235 Å². The molecule has 1 heterocycles. The zero-order chi connectivity index (χ0) is 27.9. The zero-order valence-electron chi connectivity index (χ0n) is 22.7. The van der Waals surface area contributed by atoms with Gasteiger partial charge < -0.3 is 9.47 Å². The monoisotopic (exact) mass is 531 g/mol. The highest BCUT2D eigenvalue weighted by Gasteiger charge is 2.41. The summed E-state index contributed by atoms with van der Waals surface area (Å²) in [4.78, 5) is 28.4. The molecule has 0 aliphatic carbocycles. The molecule has 40 heavy (non-hydrogen) atoms. The fraction of sp³-hybridized carbons (Fsp3) is 0.200. The predicted octanol–water partition coefficient (Wildman–Crippen LogP) is 7.57. The van der Waals surface area contributed by atoms with Crippen LogP contribution in [0.2, 0.25) is 0 Å². The molecule has 0 aromatic heterocycles. The standard InChI is InChI=1S/C35H33NO4/c1-25(2)18-33(34(37)36-31(24-40-35(36)38)19-26-12-6-3-7-13-26)30-20-29(28-16-10-5-11-17-28)21-32(22-30)39-23-27-14-8-4-9-15-27/h3-17,20-22,31,33H,1,18-19,23-24H2,2H3/t31-,33-/m0/s1. The van der Waals surface area contributed by atoms with E-state index < -0.39 is 12.0 Å². The van der Waals surface area contributed by atoms with Crippen molar-refractivity contribution in [3.8, 4) is 16.9 Å². The van der Waals surface area contributed by atoms with E-state index in [2.05, 4.69) is 6.58 Å². The van der Waals surface area contributed by atoms with E-state index in [-0.39, 0.29) is 18.6 Å². The second kappa shape index (κ2) is 12.5. The fourth-order valence-corrected chi connectivity index (χ4v) is 5.08. The molecular formula is C35H33NO4. The normalized spacial score (nSPS) is 15.4. The minimum atomic E-state index is -0.621. The van der Waals surface area contributed by atoms with Crippen molar-refractivity contribution in [2.75, 3.05) is 6.61 Å². The number of benzene rings is 4. The van der Waals surface area contributed by atoms with Gasteiger partial charge in [0, 0.05) is 0 Å². The molecule has 1 aliphatic rings. The van der Waals surface area contributed by atoms with E-state index in [9.17, 15) is 9.59 Å². The summed E-state index contributed by atoms with van der Waals surface area (Å²) in [5, 5.41) is 0. The molecule has 202 valence electrons. The van der Waals surface area contributed by atoms with Gasteiger partial charge in [-0.2, -0.15) is 0 Å². The van der Waals surface area contributed by atoms with Crippen LogP contribution in [0.25, 0.3) is 11.1 Å². The summed E-state index contributed by atoms with van der Waals surface area (Å²) in [6.45, 7) is 6.57. The number of hydrogen-bond acceptors (Lipinski definition) is 4. The zero-order valence-corrected chi connectivity index (χ0v) is 22.7. The van der Waals surface area contributed by atoms with Gasteiger partial charge in [-0.25, -0.2) is 9.69 Å². The molecule has 5 nitrogen and oxygen atoms in total. The van der Waals surface area contributed by atoms with Crippen molar-refractivity contribution in [3.63, 3.8) is 0 Å². The van der Waals surface area contributed by atoms with E-state index in [0.717, 1.165) is 33.4 Å². The fourth-order valence-electron chi connectivity index (χ4n) is 5.08. The van der Waals surface area contributed by atoms with Gasteiger partial charge in [0.2, 0.25) is 5.91 Å². The third-order valence-corrected chi connectivity index (χ3v) is 7.05. The molecule has 2 atom stereocenters. The highest BCUT2D eigenvalue weighted by molar-refractivity contribution is 5.97. The molecule has 0 spiro atoms. The Morgan fingerprint density at radius 2 is 1.52 bits per heavy atom. The molecule has 0 N–H and O–H groups in total. The Morgan fingerprint density at radius 1 is 0.900 bits per heavy atom. The van der Waals surface area contributed by atoms with Gasteiger partial charge in [0.25, 0.3) is 0 Å². The van der Waals surface area contributed by atoms with Gasteiger partial charge in [0.15, 0.2) is 0 Å². The van der Waals surface area contributed by atoms with E-state index in [0.29, 0.717) is 25.2 Å². The van der Waals surface area contributed by atoms with Crippen molar-refractivity contribution in [1.82, 2.24) is 4.90 Å². The van der Waals surface area contributed by atoms with Crippen molar-refractivity contribution in [2.24, 2.45) is 0 Å². The van der Waals surface area contributed by atoms with Gasteiger partial charge in [-0.15, -0.1) is 6.58 Å². The van der Waals surface area contributed by atoms with Crippen molar-refractivity contribution >= 4 is 12.0 Å². The summed E-state index contributed by atoms with van der Waals surface area (Å²) in [6, 6.07) is 35.4. The van der Waals surface area contributed by atoms with Gasteiger partial charge >= 0.3 is 6.09 Å². The van der Waals surface area contributed by atoms with Crippen LogP contribution >= 0.6 is 0 Å². The molecule has 0 saturated carbocycles. The van der Waals surface area contributed by atoms with Crippen LogP contribution in [0.15, 0.2) is 121 Å². The number of rotatable bonds is 10. The Morgan fingerprint density at radius 3 is 2.17 bits per heavy atom. The van der Waals surface area contributed by atoms with Crippen molar-refractivity contribution in [3.05, 3.63) is 138 Å². The van der Waals surface area contributed by atoms with Crippen LogP contribution in [0, 0.1) is 0 Å². The average Bonchev–Trinajstić information content (AvgIpc) is 3.35. The lowest BCUT2D eigenvalue weighted by Crippen LogP contribution is -2.43. The molecule has 1 aliphatic heterocycles. The summed E-state index contributed by atoms with van der Waals surface area (Å²) in [5.74, 6) is -0.251. The lowest BCUT2D eigenvalue weighted by atomic mass is 9.88. The first-order chi connectivity index (χ1) is 19.5. The minimum absolute atomic E-state index is 0.175. The maximum absolute atomic E-state index is 14.2. The lowest BCUT2D eigenvalue weighted by Gasteiger charge is -2.26. The molecule has 0 unspecified atom stereocenters. The molecule has 2 amide bonds. The third kappa shape index (κ3) is 6.49. The van der Waals surface area contributed by atoms with E-state index in [4.69, 9.17) is 9.47 Å². The number of carbonyl (C=O) groups excluding carboxylic acids is 2. The summed E-state index contributed by atoms with van der Waals surface area (Å²) >= 11 is 0. The number of amides is 2. The molecule has 0 radical (unpaired) electrons. The molecule has 4 aromatic carbocycles. The van der Waals surface area contributed by atoms with E-state index in [1.165, 1.54) is 4.90 Å². The molecule has 1 saturated heterocycles. The SMILES string of the molecule is C=C(C)C[C@H](C(=O)N1C(=O)OC[C@@H]1Cc1ccccc1)c1cc(OCc2ccccc2)cc(-c2ccccc2)c1. The van der Waals surface area contributed by atoms with Crippen molar-refractivity contribution < 1.29 is 19.1 Å². The van der Waals surface area contributed by atoms with Crippen LogP contribution in [0.1, 0.15) is 36.0 Å². The number of imide groups is 1. The maximum atomic E-state index is 14.2. The maximum Gasteiger partial charge on any atom is 0.417 e. The lowest BCUT2D eigenvalue weighted by molar-refractivity contribution is -0.130. The largest absolute Gasteiger partial charge is 0.489 e. The first-order valence-electron chi connectivity index (χ1n) is 13.5. The average molecular weight is 532 g/mol. The van der Waals surface area contributed by atoms with E-state index >= 15 is 0 Å². The summed E-state index contributed by atoms with van der Waals surface area (Å²) < 4.78 is 11.6. The van der Waals surface area contributed by atoms with Crippen LogP contribution in [0.3, 0.4) is 0 Å². The molecule has 4 aromatic rings. The number of cyclic esters (lactones) is 1. The number of nitrogens with zero attached hydrogens (tertiary/aromatic N) is 1. The summed E-state index contributed by atoms with van der Waals surface area (Å²) in [7, 11) is 0. The number of hydrogen-bond donors (Lipinski definition) is 0.